The van der Waals surface area contributed by atoms with Crippen molar-refractivity contribution in [2.75, 3.05) is 6.54 Å². The van der Waals surface area contributed by atoms with E-state index in [1.165, 1.54) is 0 Å². The topological polar surface area (TPSA) is 84.7 Å². The van der Waals surface area contributed by atoms with Crippen molar-refractivity contribution in [3.8, 4) is 0 Å². The molecule has 2 atom stereocenters. The fraction of sp³-hybridized carbons (Fsp3) is 0.412. The molecule has 0 fully saturated rings. The van der Waals surface area contributed by atoms with Crippen LogP contribution in [0.2, 0.25) is 0 Å². The van der Waals surface area contributed by atoms with Crippen LogP contribution in [0.15, 0.2) is 42.5 Å². The van der Waals surface area contributed by atoms with Crippen LogP contribution in [-0.4, -0.2) is 41.1 Å². The van der Waals surface area contributed by atoms with Gasteiger partial charge in [0.05, 0.1) is 6.04 Å². The highest BCUT2D eigenvalue weighted by Crippen LogP contribution is 2.17. The van der Waals surface area contributed by atoms with E-state index in [2.05, 4.69) is 5.32 Å². The van der Waals surface area contributed by atoms with Crippen LogP contribution in [0.25, 0.3) is 0 Å². The van der Waals surface area contributed by atoms with Crippen LogP contribution in [0.1, 0.15) is 31.1 Å². The smallest absolute Gasteiger partial charge is 0.425 e. The molecule has 1 aromatic rings. The number of rotatable bonds is 4. The lowest BCUT2D eigenvalue weighted by molar-refractivity contribution is 0.0138. The van der Waals surface area contributed by atoms with E-state index >= 15 is 0 Å². The molecule has 1 aliphatic rings. The van der Waals surface area contributed by atoms with Gasteiger partial charge in [0.25, 0.3) is 0 Å². The number of ether oxygens (including phenoxy) is 1. The van der Waals surface area contributed by atoms with Crippen molar-refractivity contribution in [2.45, 2.75) is 38.5 Å². The van der Waals surface area contributed by atoms with Crippen molar-refractivity contribution in [3.05, 3.63) is 48.0 Å². The summed E-state index contributed by atoms with van der Waals surface area (Å²) in [6, 6.07) is 7.57. The lowest BCUT2D eigenvalue weighted by Crippen LogP contribution is -2.58. The molecule has 1 amide bonds. The Morgan fingerprint density at radius 1 is 1.30 bits per heavy atom. The fourth-order valence-electron chi connectivity index (χ4n) is 2.37. The molecule has 2 rings (SSSR count). The largest absolute Gasteiger partial charge is 0.443 e. The molecule has 1 aromatic carbocycles. The molecule has 6 nitrogen and oxygen atoms in total. The molecule has 6 heteroatoms. The molecular weight excluding hydrogens is 294 g/mol. The highest BCUT2D eigenvalue weighted by atomic mass is 16.6. The number of carbonyl (C=O) groups is 2. The molecule has 124 valence electrons. The van der Waals surface area contributed by atoms with Gasteiger partial charge in [-0.3, -0.25) is 4.79 Å². The van der Waals surface area contributed by atoms with Crippen LogP contribution in [0, 0.1) is 0 Å². The Bertz CT molecular complexity index is 593. The van der Waals surface area contributed by atoms with E-state index in [0.29, 0.717) is 12.1 Å². The molecule has 0 aromatic heterocycles. The Balaban J connectivity index is 2.25. The summed E-state index contributed by atoms with van der Waals surface area (Å²) in [4.78, 5) is 25.1. The van der Waals surface area contributed by atoms with Crippen molar-refractivity contribution >= 4 is 11.9 Å². The van der Waals surface area contributed by atoms with Crippen molar-refractivity contribution in [2.24, 2.45) is 5.84 Å². The van der Waals surface area contributed by atoms with Gasteiger partial charge in [0.15, 0.2) is 5.78 Å². The number of hydrazine groups is 1. The molecule has 0 aliphatic carbocycles. The average Bonchev–Trinajstić information content (AvgIpc) is 3.00. The molecule has 3 N–H and O–H groups in total. The zero-order chi connectivity index (χ0) is 17.0. The van der Waals surface area contributed by atoms with Gasteiger partial charge < -0.3 is 10.1 Å². The highest BCUT2D eigenvalue weighted by Gasteiger charge is 2.37. The maximum Gasteiger partial charge on any atom is 0.425 e. The molecule has 0 spiro atoms. The van der Waals surface area contributed by atoms with E-state index in [1.807, 2.05) is 18.2 Å². The first-order valence-electron chi connectivity index (χ1n) is 7.56. The highest BCUT2D eigenvalue weighted by molar-refractivity contribution is 6.02. The van der Waals surface area contributed by atoms with Crippen LogP contribution in [0.4, 0.5) is 4.79 Å². The Morgan fingerprint density at radius 2 is 1.96 bits per heavy atom. The fourth-order valence-corrected chi connectivity index (χ4v) is 2.37. The number of nitrogens with one attached hydrogen (secondary N) is 1. The van der Waals surface area contributed by atoms with Crippen LogP contribution >= 0.6 is 0 Å². The van der Waals surface area contributed by atoms with Gasteiger partial charge in [0.2, 0.25) is 0 Å². The third-order valence-electron chi connectivity index (χ3n) is 3.39. The van der Waals surface area contributed by atoms with Crippen molar-refractivity contribution in [1.29, 1.82) is 0 Å². The summed E-state index contributed by atoms with van der Waals surface area (Å²) >= 11 is 0. The van der Waals surface area contributed by atoms with Gasteiger partial charge in [-0.05, 0) is 20.8 Å². The summed E-state index contributed by atoms with van der Waals surface area (Å²) in [7, 11) is 0. The average molecular weight is 317 g/mol. The standard InChI is InChI=1S/C17H23N3O3/c1-17(2,3)23-16(22)20(18)14(13-10-7-11-19-13)15(21)12-8-5-4-6-9-12/h4-10,13-14,19H,11,18H2,1-3H3/t13?,14-/m0/s1. The van der Waals surface area contributed by atoms with Crippen LogP contribution < -0.4 is 11.2 Å². The molecule has 1 unspecified atom stereocenters. The number of Topliss-reactive ketones (excluding diaryl/α,β-unsaturated/α-hetero) is 1. The molecule has 0 bridgehead atoms. The summed E-state index contributed by atoms with van der Waals surface area (Å²) in [6.45, 7) is 5.88. The first-order chi connectivity index (χ1) is 10.8. The first kappa shape index (κ1) is 17.2. The molecule has 23 heavy (non-hydrogen) atoms. The van der Waals surface area contributed by atoms with Gasteiger partial charge in [0, 0.05) is 12.1 Å². The normalized spacial score (nSPS) is 18.5. The predicted molar refractivity (Wildman–Crippen MR) is 87.8 cm³/mol. The molecule has 0 saturated carbocycles. The number of benzene rings is 1. The van der Waals surface area contributed by atoms with Gasteiger partial charge in [-0.2, -0.15) is 0 Å². The van der Waals surface area contributed by atoms with E-state index in [9.17, 15) is 9.59 Å². The SMILES string of the molecule is CC(C)(C)OC(=O)N(N)[C@H](C(=O)c1ccccc1)C1C=CCN1. The molecule has 1 aliphatic heterocycles. The van der Waals surface area contributed by atoms with Crippen molar-refractivity contribution in [3.63, 3.8) is 0 Å². The van der Waals surface area contributed by atoms with Gasteiger partial charge in [0.1, 0.15) is 11.6 Å². The quantitative estimate of drug-likeness (QED) is 0.291. The van der Waals surface area contributed by atoms with Crippen molar-refractivity contribution in [1.82, 2.24) is 10.3 Å². The molecule has 0 radical (unpaired) electrons. The van der Waals surface area contributed by atoms with E-state index in [0.717, 1.165) is 5.01 Å². The second-order valence-corrected chi connectivity index (χ2v) is 6.42. The zero-order valence-electron chi connectivity index (χ0n) is 13.7. The second kappa shape index (κ2) is 6.93. The third-order valence-corrected chi connectivity index (χ3v) is 3.39. The molecule has 1 heterocycles. The minimum Gasteiger partial charge on any atom is -0.443 e. The number of nitrogens with zero attached hydrogens (tertiary/aromatic N) is 1. The summed E-state index contributed by atoms with van der Waals surface area (Å²) < 4.78 is 5.28. The summed E-state index contributed by atoms with van der Waals surface area (Å²) in [5, 5.41) is 4.03. The maximum atomic E-state index is 12.8. The van der Waals surface area contributed by atoms with Crippen LogP contribution in [-0.2, 0) is 4.74 Å². The molecular formula is C17H23N3O3. The van der Waals surface area contributed by atoms with E-state index < -0.39 is 17.7 Å². The summed E-state index contributed by atoms with van der Waals surface area (Å²) in [6.07, 6.45) is 3.02. The van der Waals surface area contributed by atoms with Crippen LogP contribution in [0.3, 0.4) is 0 Å². The number of hydrogen-bond donors (Lipinski definition) is 2. The summed E-state index contributed by atoms with van der Waals surface area (Å²) in [5.74, 6) is 5.72. The van der Waals surface area contributed by atoms with Gasteiger partial charge >= 0.3 is 6.09 Å². The maximum absolute atomic E-state index is 12.8. The minimum absolute atomic E-state index is 0.233. The Kier molecular flexibility index (Phi) is 5.18. The summed E-state index contributed by atoms with van der Waals surface area (Å²) in [5.41, 5.74) is -0.188. The monoisotopic (exact) mass is 317 g/mol. The minimum atomic E-state index is -0.869. The zero-order valence-corrected chi connectivity index (χ0v) is 13.7. The number of nitrogens with two attached hydrogens (primary N) is 1. The Labute approximate surface area is 136 Å². The Morgan fingerprint density at radius 3 is 2.48 bits per heavy atom. The van der Waals surface area contributed by atoms with Gasteiger partial charge in [-0.1, -0.05) is 42.5 Å². The molecule has 0 saturated heterocycles. The van der Waals surface area contributed by atoms with Gasteiger partial charge in [-0.25, -0.2) is 15.6 Å². The third kappa shape index (κ3) is 4.40. The lowest BCUT2D eigenvalue weighted by Gasteiger charge is -2.32. The number of amides is 1. The van der Waals surface area contributed by atoms with Crippen molar-refractivity contribution < 1.29 is 14.3 Å². The number of carbonyl (C=O) groups excluding carboxylic acids is 2. The number of hydrogen-bond acceptors (Lipinski definition) is 5. The number of ketones is 1. The second-order valence-electron chi connectivity index (χ2n) is 6.42. The first-order valence-corrected chi connectivity index (χ1v) is 7.56. The van der Waals surface area contributed by atoms with E-state index in [1.54, 1.807) is 45.0 Å². The van der Waals surface area contributed by atoms with Gasteiger partial charge in [-0.15, -0.1) is 0 Å². The van der Waals surface area contributed by atoms with Crippen LogP contribution in [0.5, 0.6) is 0 Å². The van der Waals surface area contributed by atoms with E-state index in [4.69, 9.17) is 10.6 Å². The van der Waals surface area contributed by atoms with E-state index in [-0.39, 0.29) is 11.8 Å². The lowest BCUT2D eigenvalue weighted by atomic mass is 9.98. The Hall–Kier alpha value is -2.18. The predicted octanol–water partition coefficient (Wildman–Crippen LogP) is 1.88.